The van der Waals surface area contributed by atoms with Crippen molar-refractivity contribution in [2.24, 2.45) is 11.5 Å². The topological polar surface area (TPSA) is 52.0 Å². The van der Waals surface area contributed by atoms with Crippen LogP contribution >= 0.6 is 24.0 Å². The number of hydrogen-bond donors (Lipinski definition) is 2. The molecule has 0 saturated heterocycles. The molecular formula is C11H18Cl2N2. The van der Waals surface area contributed by atoms with E-state index in [4.69, 9.17) is 23.1 Å². The van der Waals surface area contributed by atoms with Crippen LogP contribution < -0.4 is 11.5 Å². The van der Waals surface area contributed by atoms with Crippen LogP contribution in [-0.4, -0.2) is 6.54 Å². The third-order valence-electron chi connectivity index (χ3n) is 2.25. The summed E-state index contributed by atoms with van der Waals surface area (Å²) >= 11 is 5.87. The summed E-state index contributed by atoms with van der Waals surface area (Å²) in [7, 11) is 0. The molecule has 0 bridgehead atoms. The van der Waals surface area contributed by atoms with Gasteiger partial charge in [-0.15, -0.1) is 12.4 Å². The van der Waals surface area contributed by atoms with Gasteiger partial charge in [0.05, 0.1) is 0 Å². The first-order valence-corrected chi connectivity index (χ1v) is 5.33. The molecule has 0 unspecified atom stereocenters. The quantitative estimate of drug-likeness (QED) is 0.788. The fraction of sp³-hybridized carbons (Fsp3) is 0.455. The van der Waals surface area contributed by atoms with Crippen molar-refractivity contribution in [2.75, 3.05) is 6.54 Å². The first-order valence-electron chi connectivity index (χ1n) is 4.95. The smallest absolute Gasteiger partial charge is 0.0409 e. The van der Waals surface area contributed by atoms with Crippen LogP contribution in [0.25, 0.3) is 0 Å². The Bertz CT molecular complexity index is 279. The molecule has 0 amide bonds. The molecule has 0 aliphatic carbocycles. The molecule has 86 valence electrons. The van der Waals surface area contributed by atoms with Crippen molar-refractivity contribution in [2.45, 2.75) is 25.3 Å². The molecule has 0 aromatic heterocycles. The lowest BCUT2D eigenvalue weighted by Crippen LogP contribution is -2.10. The number of benzene rings is 1. The van der Waals surface area contributed by atoms with Crippen molar-refractivity contribution in [3.63, 3.8) is 0 Å². The summed E-state index contributed by atoms with van der Waals surface area (Å²) in [5, 5.41) is 0.747. The third-order valence-corrected chi connectivity index (χ3v) is 2.48. The number of nitrogens with two attached hydrogens (primary N) is 2. The van der Waals surface area contributed by atoms with E-state index in [1.807, 2.05) is 24.3 Å². The molecule has 0 saturated carbocycles. The van der Waals surface area contributed by atoms with E-state index in [1.165, 1.54) is 0 Å². The van der Waals surface area contributed by atoms with Crippen LogP contribution in [0.1, 0.15) is 30.9 Å². The highest BCUT2D eigenvalue weighted by atomic mass is 35.5. The van der Waals surface area contributed by atoms with E-state index in [-0.39, 0.29) is 18.4 Å². The maximum Gasteiger partial charge on any atom is 0.0409 e. The fourth-order valence-corrected chi connectivity index (χ4v) is 1.61. The fourth-order valence-electron chi connectivity index (χ4n) is 1.41. The Balaban J connectivity index is 0.00000196. The van der Waals surface area contributed by atoms with Crippen molar-refractivity contribution >= 4 is 24.0 Å². The molecule has 1 aromatic rings. The first-order chi connectivity index (χ1) is 6.74. The van der Waals surface area contributed by atoms with Crippen molar-refractivity contribution < 1.29 is 0 Å². The number of unbranched alkanes of at least 4 members (excludes halogenated alkanes) is 1. The minimum absolute atomic E-state index is 0. The zero-order chi connectivity index (χ0) is 10.4. The largest absolute Gasteiger partial charge is 0.330 e. The second-order valence-electron chi connectivity index (χ2n) is 3.45. The molecule has 4 N–H and O–H groups in total. The predicted octanol–water partition coefficient (Wildman–Crippen LogP) is 2.89. The van der Waals surface area contributed by atoms with Crippen LogP contribution in [0.4, 0.5) is 0 Å². The van der Waals surface area contributed by atoms with Crippen molar-refractivity contribution in [3.05, 3.63) is 34.9 Å². The molecule has 0 radical (unpaired) electrons. The minimum Gasteiger partial charge on any atom is -0.330 e. The Kier molecular flexibility index (Phi) is 7.79. The van der Waals surface area contributed by atoms with Crippen LogP contribution in [0, 0.1) is 0 Å². The summed E-state index contributed by atoms with van der Waals surface area (Å²) in [4.78, 5) is 0. The normalized spacial score (nSPS) is 11.9. The Hall–Kier alpha value is -0.280. The average Bonchev–Trinajstić information content (AvgIpc) is 2.18. The van der Waals surface area contributed by atoms with Crippen molar-refractivity contribution in [1.82, 2.24) is 0 Å². The van der Waals surface area contributed by atoms with Gasteiger partial charge in [0.25, 0.3) is 0 Å². The molecule has 1 atom stereocenters. The highest BCUT2D eigenvalue weighted by Crippen LogP contribution is 2.19. The summed E-state index contributed by atoms with van der Waals surface area (Å²) in [6.07, 6.45) is 3.08. The van der Waals surface area contributed by atoms with Gasteiger partial charge in [0, 0.05) is 11.1 Å². The van der Waals surface area contributed by atoms with Gasteiger partial charge in [0.15, 0.2) is 0 Å². The molecule has 0 aliphatic heterocycles. The molecule has 0 fully saturated rings. The van der Waals surface area contributed by atoms with Crippen LogP contribution in [0.15, 0.2) is 24.3 Å². The van der Waals surface area contributed by atoms with Gasteiger partial charge in [-0.1, -0.05) is 30.2 Å². The Morgan fingerprint density at radius 3 is 2.60 bits per heavy atom. The predicted molar refractivity (Wildman–Crippen MR) is 68.5 cm³/mol. The van der Waals surface area contributed by atoms with Gasteiger partial charge in [0.1, 0.15) is 0 Å². The van der Waals surface area contributed by atoms with Crippen molar-refractivity contribution in [3.8, 4) is 0 Å². The van der Waals surface area contributed by atoms with Crippen LogP contribution in [0.2, 0.25) is 5.02 Å². The monoisotopic (exact) mass is 248 g/mol. The van der Waals surface area contributed by atoms with E-state index in [1.54, 1.807) is 0 Å². The zero-order valence-corrected chi connectivity index (χ0v) is 10.2. The van der Waals surface area contributed by atoms with Gasteiger partial charge in [-0.2, -0.15) is 0 Å². The highest BCUT2D eigenvalue weighted by molar-refractivity contribution is 6.30. The second-order valence-corrected chi connectivity index (χ2v) is 3.88. The SMILES string of the molecule is Cl.NCCCC[C@H](N)c1cccc(Cl)c1. The first kappa shape index (κ1) is 14.7. The van der Waals surface area contributed by atoms with Crippen LogP contribution in [0.3, 0.4) is 0 Å². The number of rotatable bonds is 5. The number of halogens is 2. The molecular weight excluding hydrogens is 231 g/mol. The summed E-state index contributed by atoms with van der Waals surface area (Å²) < 4.78 is 0. The van der Waals surface area contributed by atoms with E-state index in [2.05, 4.69) is 0 Å². The minimum atomic E-state index is 0. The maximum atomic E-state index is 6.01. The summed E-state index contributed by atoms with van der Waals surface area (Å²) in [5.41, 5.74) is 12.5. The molecule has 0 heterocycles. The van der Waals surface area contributed by atoms with E-state index in [0.717, 1.165) is 36.4 Å². The molecule has 1 aromatic carbocycles. The standard InChI is InChI=1S/C11H17ClN2.ClH/c12-10-5-3-4-9(8-10)11(14)6-1-2-7-13;/h3-5,8,11H,1-2,6-7,13-14H2;1H/t11-;/m0./s1. The molecule has 4 heteroatoms. The summed E-state index contributed by atoms with van der Waals surface area (Å²) in [5.74, 6) is 0. The lowest BCUT2D eigenvalue weighted by atomic mass is 10.0. The number of hydrogen-bond acceptors (Lipinski definition) is 2. The second kappa shape index (κ2) is 7.94. The van der Waals surface area contributed by atoms with Gasteiger partial charge in [-0.05, 0) is 37.1 Å². The van der Waals surface area contributed by atoms with Gasteiger partial charge in [0.2, 0.25) is 0 Å². The molecule has 2 nitrogen and oxygen atoms in total. The Morgan fingerprint density at radius 1 is 1.27 bits per heavy atom. The maximum absolute atomic E-state index is 6.01. The zero-order valence-electron chi connectivity index (χ0n) is 8.66. The van der Waals surface area contributed by atoms with Gasteiger partial charge in [-0.3, -0.25) is 0 Å². The van der Waals surface area contributed by atoms with Crippen LogP contribution in [0.5, 0.6) is 0 Å². The summed E-state index contributed by atoms with van der Waals surface area (Å²) in [6.45, 7) is 0.738. The Labute approximate surface area is 102 Å². The van der Waals surface area contributed by atoms with E-state index in [0.29, 0.717) is 0 Å². The van der Waals surface area contributed by atoms with Gasteiger partial charge >= 0.3 is 0 Å². The van der Waals surface area contributed by atoms with Gasteiger partial charge < -0.3 is 11.5 Å². The molecule has 15 heavy (non-hydrogen) atoms. The molecule has 1 rings (SSSR count). The van der Waals surface area contributed by atoms with E-state index >= 15 is 0 Å². The molecule has 0 spiro atoms. The van der Waals surface area contributed by atoms with E-state index in [9.17, 15) is 0 Å². The third kappa shape index (κ3) is 5.38. The lowest BCUT2D eigenvalue weighted by Gasteiger charge is -2.11. The highest BCUT2D eigenvalue weighted by Gasteiger charge is 2.05. The van der Waals surface area contributed by atoms with Crippen molar-refractivity contribution in [1.29, 1.82) is 0 Å². The molecule has 0 aliphatic rings. The lowest BCUT2D eigenvalue weighted by molar-refractivity contribution is 0.591. The Morgan fingerprint density at radius 2 is 2.00 bits per heavy atom. The summed E-state index contributed by atoms with van der Waals surface area (Å²) in [6, 6.07) is 7.81. The average molecular weight is 249 g/mol. The van der Waals surface area contributed by atoms with E-state index < -0.39 is 0 Å². The van der Waals surface area contributed by atoms with Crippen LogP contribution in [-0.2, 0) is 0 Å². The van der Waals surface area contributed by atoms with Gasteiger partial charge in [-0.25, -0.2) is 0 Å².